The quantitative estimate of drug-likeness (QED) is 0.770. The molecular formula is C11H8FN3. The minimum Gasteiger partial charge on any atom is -0.372 e. The Morgan fingerprint density at radius 1 is 1.40 bits per heavy atom. The molecule has 0 unspecified atom stereocenters. The normalized spacial score (nSPS) is 9.93. The Morgan fingerprint density at radius 2 is 2.20 bits per heavy atom. The van der Waals surface area contributed by atoms with Gasteiger partial charge in [-0.1, -0.05) is 0 Å². The molecule has 3 nitrogen and oxygen atoms in total. The van der Waals surface area contributed by atoms with Crippen molar-refractivity contribution >= 4 is 16.7 Å². The first-order valence-corrected chi connectivity index (χ1v) is 4.43. The summed E-state index contributed by atoms with van der Waals surface area (Å²) in [5.74, 6) is 0.136. The molecule has 0 aliphatic heterocycles. The van der Waals surface area contributed by atoms with E-state index in [1.54, 1.807) is 19.2 Å². The van der Waals surface area contributed by atoms with Crippen molar-refractivity contribution in [3.63, 3.8) is 0 Å². The summed E-state index contributed by atoms with van der Waals surface area (Å²) in [4.78, 5) is 4.15. The van der Waals surface area contributed by atoms with Crippen molar-refractivity contribution in [2.75, 3.05) is 12.4 Å². The molecule has 1 heterocycles. The molecule has 1 aromatic carbocycles. The number of hydrogen-bond acceptors (Lipinski definition) is 3. The van der Waals surface area contributed by atoms with E-state index in [4.69, 9.17) is 5.26 Å². The van der Waals surface area contributed by atoms with Gasteiger partial charge in [0.15, 0.2) is 0 Å². The van der Waals surface area contributed by atoms with Gasteiger partial charge in [-0.05, 0) is 18.2 Å². The highest BCUT2D eigenvalue weighted by Crippen LogP contribution is 2.20. The summed E-state index contributed by atoms with van der Waals surface area (Å²) >= 11 is 0. The maximum absolute atomic E-state index is 12.9. The van der Waals surface area contributed by atoms with Crippen molar-refractivity contribution in [1.29, 1.82) is 5.26 Å². The van der Waals surface area contributed by atoms with Crippen LogP contribution in [0.15, 0.2) is 24.3 Å². The van der Waals surface area contributed by atoms with Crippen molar-refractivity contribution in [2.45, 2.75) is 0 Å². The van der Waals surface area contributed by atoms with Crippen LogP contribution < -0.4 is 5.32 Å². The summed E-state index contributed by atoms with van der Waals surface area (Å²) < 4.78 is 12.9. The van der Waals surface area contributed by atoms with Gasteiger partial charge in [0.25, 0.3) is 0 Å². The highest BCUT2D eigenvalue weighted by molar-refractivity contribution is 5.82. The third kappa shape index (κ3) is 1.59. The third-order valence-electron chi connectivity index (χ3n) is 2.14. The summed E-state index contributed by atoms with van der Waals surface area (Å²) in [7, 11) is 1.67. The number of benzene rings is 1. The van der Waals surface area contributed by atoms with Gasteiger partial charge in [-0.15, -0.1) is 0 Å². The molecule has 0 spiro atoms. The lowest BCUT2D eigenvalue weighted by atomic mass is 10.1. The molecule has 0 radical (unpaired) electrons. The predicted octanol–water partition coefficient (Wildman–Crippen LogP) is 2.29. The molecule has 0 atom stereocenters. The summed E-state index contributed by atoms with van der Waals surface area (Å²) in [6.07, 6.45) is 0. The second kappa shape index (κ2) is 3.54. The van der Waals surface area contributed by atoms with Gasteiger partial charge in [0.05, 0.1) is 11.1 Å². The maximum Gasteiger partial charge on any atom is 0.144 e. The lowest BCUT2D eigenvalue weighted by Crippen LogP contribution is -1.96. The number of hydrogen-bond donors (Lipinski definition) is 1. The molecule has 0 aliphatic carbocycles. The highest BCUT2D eigenvalue weighted by atomic mass is 19.1. The van der Waals surface area contributed by atoms with Gasteiger partial charge in [0.1, 0.15) is 17.7 Å². The Morgan fingerprint density at radius 3 is 2.87 bits per heavy atom. The zero-order valence-electron chi connectivity index (χ0n) is 8.08. The predicted molar refractivity (Wildman–Crippen MR) is 56.0 cm³/mol. The minimum atomic E-state index is -0.332. The van der Waals surface area contributed by atoms with Gasteiger partial charge < -0.3 is 5.32 Å². The fourth-order valence-electron chi connectivity index (χ4n) is 1.42. The van der Waals surface area contributed by atoms with Crippen LogP contribution in [0, 0.1) is 17.1 Å². The monoisotopic (exact) mass is 201 g/mol. The molecule has 2 rings (SSSR count). The van der Waals surface area contributed by atoms with Gasteiger partial charge in [-0.3, -0.25) is 0 Å². The van der Waals surface area contributed by atoms with Crippen LogP contribution in [-0.4, -0.2) is 12.0 Å². The summed E-state index contributed by atoms with van der Waals surface area (Å²) in [6, 6.07) is 8.03. The molecule has 1 aromatic heterocycles. The Bertz CT molecular complexity index is 557. The SMILES string of the molecule is CNc1nc2cc(F)ccc2cc1C#N. The number of rotatable bonds is 1. The average molecular weight is 201 g/mol. The van der Waals surface area contributed by atoms with Crippen molar-refractivity contribution in [2.24, 2.45) is 0 Å². The first-order valence-electron chi connectivity index (χ1n) is 4.43. The van der Waals surface area contributed by atoms with E-state index in [2.05, 4.69) is 10.3 Å². The molecule has 4 heteroatoms. The van der Waals surface area contributed by atoms with Crippen LogP contribution in [0.2, 0.25) is 0 Å². The molecule has 0 saturated carbocycles. The zero-order valence-corrected chi connectivity index (χ0v) is 8.08. The first-order chi connectivity index (χ1) is 7.24. The van der Waals surface area contributed by atoms with Crippen molar-refractivity contribution < 1.29 is 4.39 Å². The van der Waals surface area contributed by atoms with Crippen LogP contribution in [-0.2, 0) is 0 Å². The lowest BCUT2D eigenvalue weighted by molar-refractivity contribution is 0.629. The van der Waals surface area contributed by atoms with Gasteiger partial charge >= 0.3 is 0 Å². The Hall–Kier alpha value is -2.15. The number of pyridine rings is 1. The molecule has 1 N–H and O–H groups in total. The molecule has 2 aromatic rings. The summed E-state index contributed by atoms with van der Waals surface area (Å²) in [5.41, 5.74) is 0.995. The van der Waals surface area contributed by atoms with Gasteiger partial charge in [-0.25, -0.2) is 9.37 Å². The molecule has 74 valence electrons. The van der Waals surface area contributed by atoms with Crippen LogP contribution in [0.1, 0.15) is 5.56 Å². The van der Waals surface area contributed by atoms with E-state index in [0.717, 1.165) is 5.39 Å². The second-order valence-corrected chi connectivity index (χ2v) is 3.08. The second-order valence-electron chi connectivity index (χ2n) is 3.08. The average Bonchev–Trinajstić information content (AvgIpc) is 2.27. The van der Waals surface area contributed by atoms with Crippen LogP contribution in [0.5, 0.6) is 0 Å². The van der Waals surface area contributed by atoms with Crippen molar-refractivity contribution in [1.82, 2.24) is 4.98 Å². The largest absolute Gasteiger partial charge is 0.372 e. The van der Waals surface area contributed by atoms with Gasteiger partial charge in [0.2, 0.25) is 0 Å². The smallest absolute Gasteiger partial charge is 0.144 e. The Kier molecular flexibility index (Phi) is 2.22. The van der Waals surface area contributed by atoms with E-state index >= 15 is 0 Å². The number of anilines is 1. The molecular weight excluding hydrogens is 193 g/mol. The number of fused-ring (bicyclic) bond motifs is 1. The summed E-state index contributed by atoms with van der Waals surface area (Å²) in [5, 5.41) is 12.4. The Balaban J connectivity index is 2.77. The first kappa shape index (κ1) is 9.41. The van der Waals surface area contributed by atoms with E-state index in [9.17, 15) is 4.39 Å². The number of halogens is 1. The number of nitrogens with zero attached hydrogens (tertiary/aromatic N) is 2. The topological polar surface area (TPSA) is 48.7 Å². The van der Waals surface area contributed by atoms with E-state index in [-0.39, 0.29) is 5.82 Å². The molecule has 0 amide bonds. The number of nitriles is 1. The van der Waals surface area contributed by atoms with Crippen LogP contribution >= 0.6 is 0 Å². The van der Waals surface area contributed by atoms with Crippen molar-refractivity contribution in [3.8, 4) is 6.07 Å². The van der Waals surface area contributed by atoms with E-state index in [1.807, 2.05) is 6.07 Å². The fourth-order valence-corrected chi connectivity index (χ4v) is 1.42. The lowest BCUT2D eigenvalue weighted by Gasteiger charge is -2.04. The van der Waals surface area contributed by atoms with Crippen LogP contribution in [0.25, 0.3) is 10.9 Å². The van der Waals surface area contributed by atoms with E-state index in [0.29, 0.717) is 16.9 Å². The standard InChI is InChI=1S/C11H8FN3/c1-14-11-8(6-13)4-7-2-3-9(12)5-10(7)15-11/h2-5H,1H3,(H,14,15). The minimum absolute atomic E-state index is 0.332. The third-order valence-corrected chi connectivity index (χ3v) is 2.14. The van der Waals surface area contributed by atoms with Crippen LogP contribution in [0.4, 0.5) is 10.2 Å². The summed E-state index contributed by atoms with van der Waals surface area (Å²) in [6.45, 7) is 0. The van der Waals surface area contributed by atoms with Gasteiger partial charge in [0, 0.05) is 18.5 Å². The molecule has 0 bridgehead atoms. The highest BCUT2D eigenvalue weighted by Gasteiger charge is 2.05. The van der Waals surface area contributed by atoms with E-state index in [1.165, 1.54) is 12.1 Å². The fraction of sp³-hybridized carbons (Fsp3) is 0.0909. The molecule has 15 heavy (non-hydrogen) atoms. The molecule has 0 aliphatic rings. The van der Waals surface area contributed by atoms with Crippen LogP contribution in [0.3, 0.4) is 0 Å². The Labute approximate surface area is 86.2 Å². The number of nitrogens with one attached hydrogen (secondary N) is 1. The zero-order chi connectivity index (χ0) is 10.8. The molecule has 0 saturated heterocycles. The van der Waals surface area contributed by atoms with Crippen molar-refractivity contribution in [3.05, 3.63) is 35.6 Å². The molecule has 0 fully saturated rings. The number of aromatic nitrogens is 1. The van der Waals surface area contributed by atoms with E-state index < -0.39 is 0 Å². The van der Waals surface area contributed by atoms with Gasteiger partial charge in [-0.2, -0.15) is 5.26 Å². The maximum atomic E-state index is 12.9.